The Bertz CT molecular complexity index is 1260. The van der Waals surface area contributed by atoms with Crippen molar-refractivity contribution in [2.75, 3.05) is 11.9 Å². The second-order valence-corrected chi connectivity index (χ2v) is 10.3. The number of nitrogens with one attached hydrogen (secondary N) is 1. The van der Waals surface area contributed by atoms with E-state index in [2.05, 4.69) is 71.1 Å². The smallest absolute Gasteiger partial charge is 0.170 e. The number of nitrogens with zero attached hydrogens (tertiary/aromatic N) is 4. The van der Waals surface area contributed by atoms with Crippen LogP contribution in [-0.4, -0.2) is 32.6 Å². The Morgan fingerprint density at radius 3 is 2.50 bits per heavy atom. The predicted octanol–water partition coefficient (Wildman–Crippen LogP) is 5.93. The maximum absolute atomic E-state index is 7.04. The summed E-state index contributed by atoms with van der Waals surface area (Å²) in [5.41, 5.74) is 6.40. The van der Waals surface area contributed by atoms with Gasteiger partial charge in [0.15, 0.2) is 5.11 Å². The first-order valence-corrected chi connectivity index (χ1v) is 12.2. The number of likely N-dealkylation sites (N-methyl/N-ethyl adjacent to an activating group) is 1. The van der Waals surface area contributed by atoms with E-state index in [-0.39, 0.29) is 17.6 Å². The van der Waals surface area contributed by atoms with E-state index in [1.165, 1.54) is 11.1 Å². The number of benzene rings is 1. The molecule has 2 atom stereocenters. The molecule has 174 valence electrons. The summed E-state index contributed by atoms with van der Waals surface area (Å²) in [7, 11) is 2.12. The maximum atomic E-state index is 7.04. The highest BCUT2D eigenvalue weighted by Gasteiger charge is 2.42. The summed E-state index contributed by atoms with van der Waals surface area (Å²) in [6.45, 7) is 7.18. The lowest BCUT2D eigenvalue weighted by Gasteiger charge is -2.41. The fraction of sp³-hybridized carbons (Fsp3) is 0.296. The number of halogens is 1. The zero-order valence-electron chi connectivity index (χ0n) is 19.8. The summed E-state index contributed by atoms with van der Waals surface area (Å²) in [5, 5.41) is 4.91. The molecule has 2 aliphatic heterocycles. The summed E-state index contributed by atoms with van der Waals surface area (Å²) in [5.74, 6) is 0. The molecule has 1 N–H and O–H groups in total. The molecule has 0 unspecified atom stereocenters. The highest BCUT2D eigenvalue weighted by atomic mass is 35.5. The van der Waals surface area contributed by atoms with Gasteiger partial charge in [-0.25, -0.2) is 0 Å². The Balaban J connectivity index is 1.64. The summed E-state index contributed by atoms with van der Waals surface area (Å²) in [6.07, 6.45) is 5.94. The van der Waals surface area contributed by atoms with Gasteiger partial charge in [-0.05, 0) is 80.5 Å². The van der Waals surface area contributed by atoms with Gasteiger partial charge in [-0.3, -0.25) is 9.97 Å². The first kappa shape index (κ1) is 22.8. The second-order valence-electron chi connectivity index (χ2n) is 9.51. The summed E-state index contributed by atoms with van der Waals surface area (Å²) in [6, 6.07) is 16.0. The van der Waals surface area contributed by atoms with Crippen molar-refractivity contribution in [3.63, 3.8) is 0 Å². The number of anilines is 1. The first-order valence-electron chi connectivity index (χ1n) is 11.4. The number of aromatic nitrogens is 2. The zero-order valence-corrected chi connectivity index (χ0v) is 21.4. The van der Waals surface area contributed by atoms with Crippen LogP contribution < -0.4 is 10.2 Å². The number of allylic oxidation sites excluding steroid dienone is 1. The normalized spacial score (nSPS) is 21.2. The molecule has 7 heteroatoms. The van der Waals surface area contributed by atoms with Crippen LogP contribution in [0.4, 0.5) is 5.69 Å². The fourth-order valence-corrected chi connectivity index (χ4v) is 5.57. The Hall–Kier alpha value is -2.96. The minimum Gasteiger partial charge on any atom is -0.365 e. The highest BCUT2D eigenvalue weighted by Crippen LogP contribution is 2.46. The van der Waals surface area contributed by atoms with Gasteiger partial charge in [0.1, 0.15) is 0 Å². The molecule has 1 saturated heterocycles. The van der Waals surface area contributed by atoms with Gasteiger partial charge in [0.2, 0.25) is 0 Å². The van der Waals surface area contributed by atoms with Gasteiger partial charge in [0, 0.05) is 35.7 Å². The van der Waals surface area contributed by atoms with Gasteiger partial charge in [0.25, 0.3) is 0 Å². The molecule has 1 fully saturated rings. The third-order valence-corrected chi connectivity index (χ3v) is 7.59. The number of thiocarbonyl (C=S) groups is 1. The van der Waals surface area contributed by atoms with Crippen molar-refractivity contribution in [1.29, 1.82) is 0 Å². The van der Waals surface area contributed by atoms with Crippen LogP contribution in [-0.2, 0) is 6.54 Å². The Morgan fingerprint density at radius 2 is 1.82 bits per heavy atom. The van der Waals surface area contributed by atoms with Crippen molar-refractivity contribution >= 4 is 40.2 Å². The van der Waals surface area contributed by atoms with Gasteiger partial charge < -0.3 is 15.1 Å². The monoisotopic (exact) mass is 489 g/mol. The second kappa shape index (κ2) is 8.67. The van der Waals surface area contributed by atoms with E-state index in [1.807, 2.05) is 48.8 Å². The first-order chi connectivity index (χ1) is 16.3. The number of fused-ring (bicyclic) bond motifs is 1. The minimum absolute atomic E-state index is 0.0834. The third-order valence-electron chi connectivity index (χ3n) is 6.91. The van der Waals surface area contributed by atoms with Crippen LogP contribution in [0.2, 0.25) is 5.02 Å². The summed E-state index contributed by atoms with van der Waals surface area (Å²) in [4.78, 5) is 13.7. The predicted molar refractivity (Wildman–Crippen MR) is 143 cm³/mol. The van der Waals surface area contributed by atoms with Crippen LogP contribution in [0, 0.1) is 0 Å². The molecule has 34 heavy (non-hydrogen) atoms. The lowest BCUT2D eigenvalue weighted by Crippen LogP contribution is -2.42. The quantitative estimate of drug-likeness (QED) is 0.458. The van der Waals surface area contributed by atoms with Gasteiger partial charge >= 0.3 is 0 Å². The molecule has 4 heterocycles. The molecule has 1 aromatic carbocycles. The number of rotatable bonds is 4. The summed E-state index contributed by atoms with van der Waals surface area (Å²) >= 11 is 12.9. The number of hydrogen-bond donors (Lipinski definition) is 1. The zero-order chi connectivity index (χ0) is 24.0. The fourth-order valence-electron chi connectivity index (χ4n) is 4.99. The largest absolute Gasteiger partial charge is 0.365 e. The van der Waals surface area contributed by atoms with Crippen molar-refractivity contribution < 1.29 is 0 Å². The molecule has 0 saturated carbocycles. The molecular formula is C27H28ClN5S. The van der Waals surface area contributed by atoms with Crippen LogP contribution in [0.15, 0.2) is 67.0 Å². The standard InChI is InChI=1S/C27H28ClN5S/c1-17-15-27(2,3)32(4)23-14-21(28)20(13-19(17)23)25-24(22-10-6-8-12-30-22)31-26(34)33(25)16-18-9-5-7-11-29-18/h5-15,24-25H,16H2,1-4H3,(H,31,34)/t24-,25-/m1/s1. The van der Waals surface area contributed by atoms with E-state index in [0.717, 1.165) is 27.7 Å². The van der Waals surface area contributed by atoms with Crippen LogP contribution in [0.5, 0.6) is 0 Å². The maximum Gasteiger partial charge on any atom is 0.170 e. The molecule has 0 amide bonds. The average molecular weight is 490 g/mol. The van der Waals surface area contributed by atoms with Crippen LogP contribution in [0.1, 0.15) is 55.4 Å². The molecule has 3 aromatic rings. The Morgan fingerprint density at radius 1 is 1.09 bits per heavy atom. The molecule has 2 aliphatic rings. The topological polar surface area (TPSA) is 44.3 Å². The highest BCUT2D eigenvalue weighted by molar-refractivity contribution is 7.80. The van der Waals surface area contributed by atoms with E-state index in [0.29, 0.717) is 11.7 Å². The van der Waals surface area contributed by atoms with Gasteiger partial charge in [-0.1, -0.05) is 29.8 Å². The molecule has 0 bridgehead atoms. The van der Waals surface area contributed by atoms with Gasteiger partial charge in [0.05, 0.1) is 35.6 Å². The lowest BCUT2D eigenvalue weighted by molar-refractivity contribution is 0.308. The summed E-state index contributed by atoms with van der Waals surface area (Å²) < 4.78 is 0. The van der Waals surface area contributed by atoms with Crippen molar-refractivity contribution in [2.45, 2.75) is 44.9 Å². The molecule has 2 aromatic heterocycles. The molecule has 0 radical (unpaired) electrons. The number of hydrogen-bond acceptors (Lipinski definition) is 4. The van der Waals surface area contributed by atoms with Crippen molar-refractivity contribution in [2.24, 2.45) is 0 Å². The average Bonchev–Trinajstić information content (AvgIpc) is 3.14. The van der Waals surface area contributed by atoms with E-state index < -0.39 is 0 Å². The van der Waals surface area contributed by atoms with Crippen molar-refractivity contribution in [3.8, 4) is 0 Å². The van der Waals surface area contributed by atoms with Gasteiger partial charge in [-0.15, -0.1) is 0 Å². The lowest BCUT2D eigenvalue weighted by atomic mass is 9.86. The van der Waals surface area contributed by atoms with E-state index in [9.17, 15) is 0 Å². The SMILES string of the molecule is CC1=CC(C)(C)N(C)c2cc(Cl)c([C@@H]3[C@@H](c4ccccn4)NC(=S)N3Cc3ccccn3)cc21. The van der Waals surface area contributed by atoms with Crippen LogP contribution in [0.25, 0.3) is 5.57 Å². The Labute approximate surface area is 211 Å². The van der Waals surface area contributed by atoms with E-state index >= 15 is 0 Å². The van der Waals surface area contributed by atoms with E-state index in [4.69, 9.17) is 23.8 Å². The number of pyridine rings is 2. The Kier molecular flexibility index (Phi) is 5.82. The molecule has 5 nitrogen and oxygen atoms in total. The van der Waals surface area contributed by atoms with Crippen molar-refractivity contribution in [3.05, 3.63) is 94.5 Å². The third kappa shape index (κ3) is 3.95. The molecule has 5 rings (SSSR count). The molecule has 0 spiro atoms. The van der Waals surface area contributed by atoms with Gasteiger partial charge in [-0.2, -0.15) is 0 Å². The van der Waals surface area contributed by atoms with Crippen LogP contribution in [0.3, 0.4) is 0 Å². The molecule has 0 aliphatic carbocycles. The van der Waals surface area contributed by atoms with E-state index in [1.54, 1.807) is 0 Å². The van der Waals surface area contributed by atoms with Crippen LogP contribution >= 0.6 is 23.8 Å². The minimum atomic E-state index is -0.130. The van der Waals surface area contributed by atoms with Crippen molar-refractivity contribution in [1.82, 2.24) is 20.2 Å². The molecular weight excluding hydrogens is 462 g/mol.